The second kappa shape index (κ2) is 5.32. The molecule has 2 aromatic rings. The molecule has 2 aromatic carbocycles. The van der Waals surface area contributed by atoms with Crippen LogP contribution in [0.2, 0.25) is 0 Å². The molecule has 0 saturated heterocycles. The molecule has 0 fully saturated rings. The number of rotatable bonds is 3. The molecule has 0 bridgehead atoms. The number of hydrogen-bond donors (Lipinski definition) is 1. The summed E-state index contributed by atoms with van der Waals surface area (Å²) in [6, 6.07) is 12.9. The zero-order valence-electron chi connectivity index (χ0n) is 9.50. The Morgan fingerprint density at radius 1 is 1.12 bits per heavy atom. The number of benzene rings is 2. The number of hydrogen-bond acceptors (Lipinski definition) is 1. The number of nitrogens with one attached hydrogen (secondary N) is 1. The lowest BCUT2D eigenvalue weighted by Crippen LogP contribution is -2.00. The Kier molecular flexibility index (Phi) is 3.79. The van der Waals surface area contributed by atoms with Crippen molar-refractivity contribution in [2.45, 2.75) is 13.5 Å². The maximum atomic E-state index is 13.1. The zero-order chi connectivity index (χ0) is 12.3. The van der Waals surface area contributed by atoms with Gasteiger partial charge in [-0.1, -0.05) is 29.8 Å². The molecule has 2 rings (SSSR count). The predicted octanol–water partition coefficient (Wildman–Crippen LogP) is 4.51. The molecule has 0 aromatic heterocycles. The van der Waals surface area contributed by atoms with E-state index in [4.69, 9.17) is 0 Å². The minimum absolute atomic E-state index is 0.236. The first kappa shape index (κ1) is 12.1. The lowest BCUT2D eigenvalue weighted by molar-refractivity contribution is 0.628. The summed E-state index contributed by atoms with van der Waals surface area (Å²) in [6.45, 7) is 2.74. The van der Waals surface area contributed by atoms with Crippen LogP contribution in [0.25, 0.3) is 0 Å². The van der Waals surface area contributed by atoms with Gasteiger partial charge in [0.25, 0.3) is 0 Å². The summed E-state index contributed by atoms with van der Waals surface area (Å²) in [4.78, 5) is 0. The van der Waals surface area contributed by atoms with Crippen LogP contribution in [0, 0.1) is 12.7 Å². The average Bonchev–Trinajstić information content (AvgIpc) is 2.32. The Bertz CT molecular complexity index is 508. The molecule has 3 heteroatoms. The van der Waals surface area contributed by atoms with Gasteiger partial charge in [-0.15, -0.1) is 0 Å². The van der Waals surface area contributed by atoms with Crippen LogP contribution in [0.3, 0.4) is 0 Å². The fraction of sp³-hybridized carbons (Fsp3) is 0.143. The first-order chi connectivity index (χ1) is 8.15. The van der Waals surface area contributed by atoms with Crippen LogP contribution >= 0.6 is 15.9 Å². The van der Waals surface area contributed by atoms with Crippen molar-refractivity contribution in [1.29, 1.82) is 0 Å². The Hall–Kier alpha value is -1.35. The first-order valence-electron chi connectivity index (χ1n) is 5.39. The smallest absolute Gasteiger partial charge is 0.125 e. The lowest BCUT2D eigenvalue weighted by Gasteiger charge is -2.09. The molecule has 0 atom stereocenters. The molecular formula is C14H13BrFN. The van der Waals surface area contributed by atoms with Gasteiger partial charge >= 0.3 is 0 Å². The molecule has 0 amide bonds. The highest BCUT2D eigenvalue weighted by molar-refractivity contribution is 9.10. The van der Waals surface area contributed by atoms with Crippen molar-refractivity contribution in [2.24, 2.45) is 0 Å². The van der Waals surface area contributed by atoms with E-state index in [0.717, 1.165) is 10.2 Å². The monoisotopic (exact) mass is 293 g/mol. The fourth-order valence-corrected chi connectivity index (χ4v) is 1.92. The summed E-state index contributed by atoms with van der Waals surface area (Å²) in [5, 5.41) is 3.20. The van der Waals surface area contributed by atoms with Crippen molar-refractivity contribution < 1.29 is 4.39 Å². The maximum Gasteiger partial charge on any atom is 0.125 e. The van der Waals surface area contributed by atoms with Crippen molar-refractivity contribution in [1.82, 2.24) is 0 Å². The second-order valence-corrected chi connectivity index (χ2v) is 4.82. The average molecular weight is 294 g/mol. The molecule has 0 aliphatic rings. The first-order valence-corrected chi connectivity index (χ1v) is 6.19. The Morgan fingerprint density at radius 3 is 2.53 bits per heavy atom. The number of aryl methyl sites for hydroxylation is 1. The molecule has 0 aliphatic heterocycles. The Labute approximate surface area is 109 Å². The van der Waals surface area contributed by atoms with Crippen LogP contribution in [-0.4, -0.2) is 0 Å². The quantitative estimate of drug-likeness (QED) is 0.878. The van der Waals surface area contributed by atoms with E-state index in [2.05, 4.69) is 52.4 Å². The molecule has 88 valence electrons. The van der Waals surface area contributed by atoms with Crippen molar-refractivity contribution in [3.63, 3.8) is 0 Å². The molecule has 0 spiro atoms. The summed E-state index contributed by atoms with van der Waals surface area (Å²) in [7, 11) is 0. The van der Waals surface area contributed by atoms with Gasteiger partial charge in [0, 0.05) is 11.0 Å². The van der Waals surface area contributed by atoms with Gasteiger partial charge in [0.15, 0.2) is 0 Å². The number of halogens is 2. The normalized spacial score (nSPS) is 10.3. The highest BCUT2D eigenvalue weighted by atomic mass is 79.9. The molecule has 17 heavy (non-hydrogen) atoms. The van der Waals surface area contributed by atoms with Gasteiger partial charge in [-0.05, 0) is 46.6 Å². The minimum Gasteiger partial charge on any atom is -0.380 e. The van der Waals surface area contributed by atoms with Gasteiger partial charge < -0.3 is 5.32 Å². The molecule has 0 aliphatic carbocycles. The van der Waals surface area contributed by atoms with Crippen molar-refractivity contribution in [3.8, 4) is 0 Å². The minimum atomic E-state index is -0.236. The highest BCUT2D eigenvalue weighted by Gasteiger charge is 2.01. The van der Waals surface area contributed by atoms with Gasteiger partial charge in [-0.3, -0.25) is 0 Å². The van der Waals surface area contributed by atoms with Gasteiger partial charge in [-0.2, -0.15) is 0 Å². The molecule has 1 nitrogen and oxygen atoms in total. The molecule has 1 N–H and O–H groups in total. The van der Waals surface area contributed by atoms with Crippen LogP contribution in [-0.2, 0) is 6.54 Å². The fourth-order valence-electron chi connectivity index (χ4n) is 1.54. The highest BCUT2D eigenvalue weighted by Crippen LogP contribution is 2.23. The van der Waals surface area contributed by atoms with Gasteiger partial charge in [-0.25, -0.2) is 4.39 Å². The van der Waals surface area contributed by atoms with Crippen LogP contribution in [0.1, 0.15) is 11.1 Å². The van der Waals surface area contributed by atoms with Crippen LogP contribution in [0.4, 0.5) is 10.1 Å². The van der Waals surface area contributed by atoms with Crippen LogP contribution < -0.4 is 5.32 Å². The van der Waals surface area contributed by atoms with E-state index in [-0.39, 0.29) is 5.82 Å². The molecular weight excluding hydrogens is 281 g/mol. The zero-order valence-corrected chi connectivity index (χ0v) is 11.1. The third kappa shape index (κ3) is 3.30. The van der Waals surface area contributed by atoms with Crippen molar-refractivity contribution in [3.05, 3.63) is 63.9 Å². The van der Waals surface area contributed by atoms with Gasteiger partial charge in [0.05, 0.1) is 5.69 Å². The topological polar surface area (TPSA) is 12.0 Å². The summed E-state index contributed by atoms with van der Waals surface area (Å²) in [5.41, 5.74) is 3.18. The predicted molar refractivity (Wildman–Crippen MR) is 72.6 cm³/mol. The molecule has 0 heterocycles. The van der Waals surface area contributed by atoms with E-state index in [1.165, 1.54) is 23.3 Å². The molecule has 0 saturated carbocycles. The van der Waals surface area contributed by atoms with Crippen molar-refractivity contribution in [2.75, 3.05) is 5.32 Å². The van der Waals surface area contributed by atoms with E-state index in [1.807, 2.05) is 0 Å². The van der Waals surface area contributed by atoms with E-state index in [1.54, 1.807) is 6.07 Å². The molecule has 0 radical (unpaired) electrons. The summed E-state index contributed by atoms with van der Waals surface area (Å²) < 4.78 is 13.9. The van der Waals surface area contributed by atoms with E-state index < -0.39 is 0 Å². The van der Waals surface area contributed by atoms with E-state index in [0.29, 0.717) is 6.54 Å². The third-order valence-corrected chi connectivity index (χ3v) is 3.22. The largest absolute Gasteiger partial charge is 0.380 e. The van der Waals surface area contributed by atoms with E-state index in [9.17, 15) is 4.39 Å². The SMILES string of the molecule is Cc1ccc(CNc2cc(F)ccc2Br)cc1. The maximum absolute atomic E-state index is 13.1. The van der Waals surface area contributed by atoms with Crippen LogP contribution in [0.15, 0.2) is 46.9 Å². The summed E-state index contributed by atoms with van der Waals surface area (Å²) >= 11 is 3.39. The van der Waals surface area contributed by atoms with E-state index >= 15 is 0 Å². The third-order valence-electron chi connectivity index (χ3n) is 2.53. The summed E-state index contributed by atoms with van der Waals surface area (Å²) in [6.07, 6.45) is 0. The summed E-state index contributed by atoms with van der Waals surface area (Å²) in [5.74, 6) is -0.236. The lowest BCUT2D eigenvalue weighted by atomic mass is 10.1. The van der Waals surface area contributed by atoms with Gasteiger partial charge in [0.1, 0.15) is 5.82 Å². The molecule has 0 unspecified atom stereocenters. The van der Waals surface area contributed by atoms with Gasteiger partial charge in [0.2, 0.25) is 0 Å². The Morgan fingerprint density at radius 2 is 1.82 bits per heavy atom. The van der Waals surface area contributed by atoms with Crippen LogP contribution in [0.5, 0.6) is 0 Å². The second-order valence-electron chi connectivity index (χ2n) is 3.96. The number of anilines is 1. The Balaban J connectivity index is 2.07. The standard InChI is InChI=1S/C14H13BrFN/c1-10-2-4-11(5-3-10)9-17-14-8-12(16)6-7-13(14)15/h2-8,17H,9H2,1H3. The van der Waals surface area contributed by atoms with Crippen molar-refractivity contribution >= 4 is 21.6 Å².